The Labute approximate surface area is 87.1 Å². The maximum absolute atomic E-state index is 9.00. The van der Waals surface area contributed by atoms with Gasteiger partial charge in [-0.25, -0.2) is 4.68 Å². The molecule has 0 unspecified atom stereocenters. The Kier molecular flexibility index (Phi) is 2.47. The lowest BCUT2D eigenvalue weighted by molar-refractivity contribution is 0.691. The maximum Gasteiger partial charge on any atom is 0.143 e. The third-order valence-electron chi connectivity index (χ3n) is 2.21. The number of terminal acetylenes is 1. The summed E-state index contributed by atoms with van der Waals surface area (Å²) in [5.41, 5.74) is 2.78. The number of hydrogen-bond acceptors (Lipinski definition) is 3. The van der Waals surface area contributed by atoms with Gasteiger partial charge in [0.1, 0.15) is 18.3 Å². The lowest BCUT2D eigenvalue weighted by Gasteiger charge is -2.07. The number of nitriles is 1. The first kappa shape index (κ1) is 9.18. The summed E-state index contributed by atoms with van der Waals surface area (Å²) in [4.78, 5) is 0. The molecule has 0 aromatic carbocycles. The number of nitrogens with zero attached hydrogens (tertiary/aromatic N) is 3. The van der Waals surface area contributed by atoms with Crippen LogP contribution in [-0.4, -0.2) is 15.5 Å². The third-order valence-corrected chi connectivity index (χ3v) is 3.20. The second kappa shape index (κ2) is 3.77. The molecule has 0 aliphatic carbocycles. The molecule has 70 valence electrons. The van der Waals surface area contributed by atoms with Gasteiger partial charge in [-0.05, 0) is 5.75 Å². The molecule has 0 N–H and O–H groups in total. The first-order valence-corrected chi connectivity index (χ1v) is 5.52. The van der Waals surface area contributed by atoms with E-state index in [1.807, 2.05) is 11.8 Å². The number of aryl methyl sites for hydroxylation is 1. The van der Waals surface area contributed by atoms with Crippen LogP contribution in [-0.2, 0) is 18.7 Å². The third kappa shape index (κ3) is 1.38. The Hall–Kier alpha value is -1.39. The molecule has 0 spiro atoms. The van der Waals surface area contributed by atoms with Crippen LogP contribution in [0.25, 0.3) is 0 Å². The fourth-order valence-electron chi connectivity index (χ4n) is 1.57. The molecule has 0 saturated heterocycles. The van der Waals surface area contributed by atoms with Crippen LogP contribution in [0.1, 0.15) is 17.0 Å². The zero-order valence-corrected chi connectivity index (χ0v) is 8.47. The summed E-state index contributed by atoms with van der Waals surface area (Å²) in [6, 6.07) is 2.18. The van der Waals surface area contributed by atoms with E-state index in [2.05, 4.69) is 17.1 Å². The van der Waals surface area contributed by atoms with Crippen molar-refractivity contribution >= 4 is 11.8 Å². The van der Waals surface area contributed by atoms with E-state index in [4.69, 9.17) is 11.7 Å². The van der Waals surface area contributed by atoms with Gasteiger partial charge in [-0.15, -0.1) is 6.42 Å². The molecule has 2 rings (SSSR count). The molecule has 1 aromatic rings. The quantitative estimate of drug-likeness (QED) is 0.643. The summed E-state index contributed by atoms with van der Waals surface area (Å²) in [6.45, 7) is 0.389. The van der Waals surface area contributed by atoms with Gasteiger partial charge >= 0.3 is 0 Å². The molecule has 0 amide bonds. The molecule has 0 fully saturated rings. The van der Waals surface area contributed by atoms with Crippen LogP contribution in [0.4, 0.5) is 0 Å². The summed E-state index contributed by atoms with van der Waals surface area (Å²) < 4.78 is 1.64. The minimum absolute atomic E-state index is 0.389. The molecule has 2 heterocycles. The van der Waals surface area contributed by atoms with Crippen molar-refractivity contribution in [3.8, 4) is 18.4 Å². The van der Waals surface area contributed by atoms with Gasteiger partial charge in [0, 0.05) is 17.7 Å². The topological polar surface area (TPSA) is 41.6 Å². The van der Waals surface area contributed by atoms with Crippen molar-refractivity contribution in [3.05, 3.63) is 17.0 Å². The molecule has 0 atom stereocenters. The minimum Gasteiger partial charge on any atom is -0.242 e. The largest absolute Gasteiger partial charge is 0.242 e. The van der Waals surface area contributed by atoms with Gasteiger partial charge in [-0.1, -0.05) is 5.92 Å². The second-order valence-corrected chi connectivity index (χ2v) is 4.16. The van der Waals surface area contributed by atoms with Crippen LogP contribution in [0, 0.1) is 23.7 Å². The maximum atomic E-state index is 9.00. The summed E-state index contributed by atoms with van der Waals surface area (Å²) in [5, 5.41) is 13.4. The Morgan fingerprint density at radius 3 is 3.21 bits per heavy atom. The van der Waals surface area contributed by atoms with Gasteiger partial charge in [-0.3, -0.25) is 0 Å². The van der Waals surface area contributed by atoms with Crippen LogP contribution in [0.5, 0.6) is 0 Å². The van der Waals surface area contributed by atoms with E-state index in [1.54, 1.807) is 4.68 Å². The number of hydrogen-bond donors (Lipinski definition) is 0. The van der Waals surface area contributed by atoms with Crippen molar-refractivity contribution < 1.29 is 0 Å². The predicted molar refractivity (Wildman–Crippen MR) is 55.6 cm³/mol. The van der Waals surface area contributed by atoms with Gasteiger partial charge < -0.3 is 0 Å². The average molecular weight is 203 g/mol. The lowest BCUT2D eigenvalue weighted by atomic mass is 10.2. The zero-order valence-electron chi connectivity index (χ0n) is 7.66. The van der Waals surface area contributed by atoms with Crippen LogP contribution >= 0.6 is 11.8 Å². The summed E-state index contributed by atoms with van der Waals surface area (Å²) in [6.07, 6.45) is 6.17. The number of thioether (sulfide) groups is 1. The monoisotopic (exact) mass is 203 g/mol. The second-order valence-electron chi connectivity index (χ2n) is 3.05. The highest BCUT2D eigenvalue weighted by Gasteiger charge is 2.19. The number of fused-ring (bicyclic) bond motifs is 1. The molecule has 3 nitrogen and oxygen atoms in total. The molecular formula is C10H9N3S. The van der Waals surface area contributed by atoms with Crippen molar-refractivity contribution in [1.82, 2.24) is 9.78 Å². The summed E-state index contributed by atoms with van der Waals surface area (Å²) >= 11 is 1.84. The first-order chi connectivity index (χ1) is 6.86. The van der Waals surface area contributed by atoms with Crippen molar-refractivity contribution in [2.45, 2.75) is 18.7 Å². The van der Waals surface area contributed by atoms with E-state index in [0.29, 0.717) is 12.2 Å². The number of rotatable bonds is 1. The SMILES string of the molecule is C#CCn1nc2c(c1C#N)CSCC2. The standard InChI is InChI=1S/C10H9N3S/c1-2-4-13-10(6-11)8-7-14-5-3-9(8)12-13/h1H,3-5,7H2. The Balaban J connectivity index is 2.49. The van der Waals surface area contributed by atoms with Crippen molar-refractivity contribution in [3.63, 3.8) is 0 Å². The van der Waals surface area contributed by atoms with Crippen LogP contribution in [0.2, 0.25) is 0 Å². The van der Waals surface area contributed by atoms with Crippen LogP contribution < -0.4 is 0 Å². The van der Waals surface area contributed by atoms with Gasteiger partial charge in [-0.2, -0.15) is 22.1 Å². The zero-order chi connectivity index (χ0) is 9.97. The highest BCUT2D eigenvalue weighted by Crippen LogP contribution is 2.26. The lowest BCUT2D eigenvalue weighted by Crippen LogP contribution is -2.01. The number of aromatic nitrogens is 2. The van der Waals surface area contributed by atoms with E-state index in [0.717, 1.165) is 29.2 Å². The van der Waals surface area contributed by atoms with Crippen molar-refractivity contribution in [2.24, 2.45) is 0 Å². The van der Waals surface area contributed by atoms with Gasteiger partial charge in [0.05, 0.1) is 5.69 Å². The average Bonchev–Trinajstić information content (AvgIpc) is 2.55. The molecule has 1 aromatic heterocycles. The first-order valence-electron chi connectivity index (χ1n) is 4.36. The fourth-order valence-corrected chi connectivity index (χ4v) is 2.56. The van der Waals surface area contributed by atoms with E-state index in [9.17, 15) is 0 Å². The molecule has 14 heavy (non-hydrogen) atoms. The Morgan fingerprint density at radius 1 is 1.64 bits per heavy atom. The van der Waals surface area contributed by atoms with Gasteiger partial charge in [0.25, 0.3) is 0 Å². The smallest absolute Gasteiger partial charge is 0.143 e. The van der Waals surface area contributed by atoms with E-state index in [1.165, 1.54) is 0 Å². The van der Waals surface area contributed by atoms with Crippen molar-refractivity contribution in [1.29, 1.82) is 5.26 Å². The summed E-state index contributed by atoms with van der Waals surface area (Å²) in [5.74, 6) is 4.49. The van der Waals surface area contributed by atoms with E-state index < -0.39 is 0 Å². The van der Waals surface area contributed by atoms with Gasteiger partial charge in [0.2, 0.25) is 0 Å². The van der Waals surface area contributed by atoms with Crippen LogP contribution in [0.3, 0.4) is 0 Å². The highest BCUT2D eigenvalue weighted by molar-refractivity contribution is 7.98. The molecule has 4 heteroatoms. The molecule has 1 aliphatic heterocycles. The minimum atomic E-state index is 0.389. The van der Waals surface area contributed by atoms with E-state index in [-0.39, 0.29) is 0 Å². The summed E-state index contributed by atoms with van der Waals surface area (Å²) in [7, 11) is 0. The normalized spacial score (nSPS) is 14.1. The molecule has 0 bridgehead atoms. The Bertz CT molecular complexity index is 433. The molecule has 0 radical (unpaired) electrons. The molecule has 1 aliphatic rings. The van der Waals surface area contributed by atoms with E-state index >= 15 is 0 Å². The molecular weight excluding hydrogens is 194 g/mol. The van der Waals surface area contributed by atoms with Crippen molar-refractivity contribution in [2.75, 3.05) is 5.75 Å². The highest BCUT2D eigenvalue weighted by atomic mass is 32.2. The molecule has 0 saturated carbocycles. The van der Waals surface area contributed by atoms with Gasteiger partial charge in [0.15, 0.2) is 0 Å². The van der Waals surface area contributed by atoms with Crippen LogP contribution in [0.15, 0.2) is 0 Å². The predicted octanol–water partition coefficient (Wildman–Crippen LogP) is 1.18. The Morgan fingerprint density at radius 2 is 2.50 bits per heavy atom. The fraction of sp³-hybridized carbons (Fsp3) is 0.400.